The Balaban J connectivity index is 1.35. The van der Waals surface area contributed by atoms with Crippen molar-refractivity contribution < 1.29 is 71.6 Å². The number of likely N-dealkylation sites (N-methyl/N-ethyl adjacent to an activating group) is 3. The number of nitrogens with one attached hydrogen (secondary N) is 2. The summed E-state index contributed by atoms with van der Waals surface area (Å²) >= 11 is 0. The average molecular weight is 1230 g/mol. The van der Waals surface area contributed by atoms with Crippen molar-refractivity contribution in [3.63, 3.8) is 0 Å². The van der Waals surface area contributed by atoms with Crippen LogP contribution >= 0.6 is 0 Å². The quantitative estimate of drug-likeness (QED) is 0.112. The maximum absolute atomic E-state index is 15.1. The van der Waals surface area contributed by atoms with Crippen LogP contribution in [0.5, 0.6) is 17.2 Å². The normalized spacial score (nSPS) is 22.7. The van der Waals surface area contributed by atoms with E-state index in [0.29, 0.717) is 41.9 Å². The van der Waals surface area contributed by atoms with Gasteiger partial charge in [-0.1, -0.05) is 80.6 Å². The van der Waals surface area contributed by atoms with Gasteiger partial charge in [0, 0.05) is 46.7 Å². The Morgan fingerprint density at radius 3 is 2.12 bits per heavy atom. The summed E-state index contributed by atoms with van der Waals surface area (Å²) in [7, 11) is 7.49. The van der Waals surface area contributed by atoms with Crippen LogP contribution in [0, 0.1) is 11.3 Å². The van der Waals surface area contributed by atoms with Crippen LogP contribution < -0.4 is 24.8 Å². The number of carbonyl (C=O) groups is 9. The van der Waals surface area contributed by atoms with Gasteiger partial charge in [-0.15, -0.1) is 0 Å². The molecule has 21 heteroatoms. The van der Waals surface area contributed by atoms with Crippen molar-refractivity contribution >= 4 is 63.9 Å². The van der Waals surface area contributed by atoms with E-state index in [4.69, 9.17) is 28.4 Å². The van der Waals surface area contributed by atoms with Crippen molar-refractivity contribution in [2.24, 2.45) is 11.3 Å². The maximum atomic E-state index is 15.1. The first kappa shape index (κ1) is 69.8. The first-order valence-electron chi connectivity index (χ1n) is 30.4. The second kappa shape index (κ2) is 31.7. The summed E-state index contributed by atoms with van der Waals surface area (Å²) in [4.78, 5) is 134. The summed E-state index contributed by atoms with van der Waals surface area (Å²) < 4.78 is 35.1. The Labute approximate surface area is 523 Å². The Morgan fingerprint density at radius 2 is 1.43 bits per heavy atom. The number of cyclic esters (lactones) is 2. The standard InChI is InChI=1S/C68H90N6O15/c1-43(2)35-51-63(80)71(9)33-18-17-26-59(76)87-42-68(7,8)60(77)65(82)74-34-19-16-25-53(74)66(83)89-55(31-28-45-29-32-56(84-12)57(38-45)85-13)49-23-20-24-50(39-49)86-41-58(75)72(10)44(3)61(78)69-52(37-46-27-30-47-21-14-15-22-48(47)36-46)64(81)73(11)54(62(79)70-51)40-88-67(4,5)6/h14-15,17,20-24,26-27,29-30,32,36,38-39,43-44,51-55H,16,18-19,25,28,31,33-35,37,40-42H2,1-13H3,(H,69,78)(H,70,79)/b26-17-/t44-,51+,52-,53-,54-,55+/m0/s1. The molecule has 1 saturated heterocycles. The van der Waals surface area contributed by atoms with E-state index >= 15 is 4.79 Å². The molecule has 0 radical (unpaired) electrons. The lowest BCUT2D eigenvalue weighted by Gasteiger charge is -2.36. The van der Waals surface area contributed by atoms with Gasteiger partial charge in [0.15, 0.2) is 18.1 Å². The molecule has 2 aliphatic rings. The number of ether oxygens (including phenoxy) is 6. The highest BCUT2D eigenvalue weighted by Crippen LogP contribution is 2.33. The zero-order valence-corrected chi connectivity index (χ0v) is 53.9. The minimum atomic E-state index is -1.51. The average Bonchev–Trinajstić information content (AvgIpc) is 3.56. The lowest BCUT2D eigenvalue weighted by atomic mass is 9.87. The number of piperidine rings is 1. The number of ketones is 1. The highest BCUT2D eigenvalue weighted by Gasteiger charge is 2.43. The number of methoxy groups -OCH3 is 2. The molecule has 2 bridgehead atoms. The number of benzene rings is 4. The van der Waals surface area contributed by atoms with Crippen molar-refractivity contribution in [1.82, 2.24) is 30.2 Å². The zero-order valence-electron chi connectivity index (χ0n) is 53.9. The Morgan fingerprint density at radius 1 is 0.730 bits per heavy atom. The van der Waals surface area contributed by atoms with Gasteiger partial charge in [0.1, 0.15) is 48.7 Å². The van der Waals surface area contributed by atoms with Crippen LogP contribution in [0.2, 0.25) is 0 Å². The fourth-order valence-corrected chi connectivity index (χ4v) is 10.5. The molecule has 0 spiro atoms. The number of fused-ring (bicyclic) bond motifs is 4. The Kier molecular flexibility index (Phi) is 24.9. The molecule has 1 fully saturated rings. The van der Waals surface area contributed by atoms with Crippen LogP contribution in [0.4, 0.5) is 0 Å². The molecule has 0 unspecified atom stereocenters. The van der Waals surface area contributed by atoms with E-state index in [-0.39, 0.29) is 63.5 Å². The van der Waals surface area contributed by atoms with Crippen molar-refractivity contribution in [3.8, 4) is 17.2 Å². The van der Waals surface area contributed by atoms with Gasteiger partial charge in [-0.3, -0.25) is 33.6 Å². The monoisotopic (exact) mass is 1230 g/mol. The molecule has 482 valence electrons. The van der Waals surface area contributed by atoms with Crippen molar-refractivity contribution in [1.29, 1.82) is 0 Å². The molecule has 0 aliphatic carbocycles. The SMILES string of the molecule is COc1ccc(CC[C@H]2OC(=O)[C@@H]3CCCCN3C(=O)C(=O)C(C)(C)COC(=O)/C=C\CCN(C)C(=O)[C@@H](CC(C)C)NC(=O)[C@H](COC(C)(C)C)N(C)C(=O)[C@H](Cc3ccc4ccccc4c3)NC(=O)[C@H](C)N(C)C(=O)COc3cccc2c3)cc1OC. The van der Waals surface area contributed by atoms with E-state index in [1.807, 2.05) is 68.4 Å². The molecule has 21 nitrogen and oxygen atoms in total. The Hall–Kier alpha value is -8.33. The molecule has 4 aromatic rings. The van der Waals surface area contributed by atoms with Crippen molar-refractivity contribution in [2.45, 2.75) is 149 Å². The molecule has 4 aromatic carbocycles. The summed E-state index contributed by atoms with van der Waals surface area (Å²) in [5, 5.41) is 7.66. The first-order chi connectivity index (χ1) is 42.1. The van der Waals surface area contributed by atoms with Gasteiger partial charge in [-0.25, -0.2) is 9.59 Å². The molecule has 89 heavy (non-hydrogen) atoms. The van der Waals surface area contributed by atoms with Crippen LogP contribution in [0.1, 0.15) is 117 Å². The van der Waals surface area contributed by atoms with Crippen molar-refractivity contribution in [2.75, 3.05) is 68.3 Å². The molecule has 6 rings (SSSR count). The van der Waals surface area contributed by atoms with Gasteiger partial charge in [0.05, 0.1) is 31.8 Å². The van der Waals surface area contributed by atoms with Gasteiger partial charge in [-0.2, -0.15) is 0 Å². The number of hydrogen-bond donors (Lipinski definition) is 2. The maximum Gasteiger partial charge on any atom is 0.330 e. The highest BCUT2D eigenvalue weighted by molar-refractivity contribution is 6.38. The number of Topliss-reactive ketones (excluding diaryl/α,β-unsaturated/α-hetero) is 1. The third kappa shape index (κ3) is 19.6. The smallest absolute Gasteiger partial charge is 0.330 e. The molecule has 0 aromatic heterocycles. The van der Waals surface area contributed by atoms with E-state index in [2.05, 4.69) is 10.6 Å². The molecule has 0 saturated carbocycles. The Bertz CT molecular complexity index is 3210. The molecular weight excluding hydrogens is 1140 g/mol. The summed E-state index contributed by atoms with van der Waals surface area (Å²) in [6, 6.07) is 19.6. The highest BCUT2D eigenvalue weighted by atomic mass is 16.5. The number of nitrogens with zero attached hydrogens (tertiary/aromatic N) is 4. The molecule has 6 amide bonds. The minimum Gasteiger partial charge on any atom is -0.493 e. The molecule has 2 heterocycles. The van der Waals surface area contributed by atoms with E-state index in [0.717, 1.165) is 16.3 Å². The lowest BCUT2D eigenvalue weighted by Crippen LogP contribution is -2.60. The van der Waals surface area contributed by atoms with Crippen molar-refractivity contribution in [3.05, 3.63) is 114 Å². The molecular formula is C68H90N6O15. The van der Waals surface area contributed by atoms with Crippen LogP contribution in [0.3, 0.4) is 0 Å². The van der Waals surface area contributed by atoms with Gasteiger partial charge in [-0.05, 0) is 144 Å². The number of carbonyl (C=O) groups excluding carboxylic acids is 9. The van der Waals surface area contributed by atoms with Crippen LogP contribution in [0.25, 0.3) is 10.8 Å². The molecule has 2 N–H and O–H groups in total. The van der Waals surface area contributed by atoms with Crippen LogP contribution in [0.15, 0.2) is 97.1 Å². The summed E-state index contributed by atoms with van der Waals surface area (Å²) in [5.74, 6) is -5.17. The summed E-state index contributed by atoms with van der Waals surface area (Å²) in [6.45, 7) is 12.6. The number of esters is 2. The topological polar surface area (TPSA) is 246 Å². The third-order valence-corrected chi connectivity index (χ3v) is 16.0. The second-order valence-electron chi connectivity index (χ2n) is 25.0. The van der Waals surface area contributed by atoms with Gasteiger partial charge in [0.2, 0.25) is 29.4 Å². The zero-order chi connectivity index (χ0) is 65.3. The first-order valence-corrected chi connectivity index (χ1v) is 30.4. The van der Waals surface area contributed by atoms with Crippen LogP contribution in [-0.4, -0.2) is 177 Å². The minimum absolute atomic E-state index is 0.0111. The van der Waals surface area contributed by atoms with Crippen LogP contribution in [-0.2, 0) is 70.2 Å². The largest absolute Gasteiger partial charge is 0.493 e. The number of aryl methyl sites for hydroxylation is 1. The van der Waals surface area contributed by atoms with E-state index in [1.54, 1.807) is 58.2 Å². The summed E-state index contributed by atoms with van der Waals surface area (Å²) in [5.41, 5.74) is -0.244. The number of rotatable bonds is 11. The summed E-state index contributed by atoms with van der Waals surface area (Å²) in [6.07, 6.45) is 4.06. The van der Waals surface area contributed by atoms with E-state index in [1.165, 1.54) is 80.8 Å². The predicted octanol–water partition coefficient (Wildman–Crippen LogP) is 7.14. The molecule has 6 atom stereocenters. The fourth-order valence-electron chi connectivity index (χ4n) is 10.5. The van der Waals surface area contributed by atoms with E-state index in [9.17, 15) is 38.4 Å². The van der Waals surface area contributed by atoms with Gasteiger partial charge >= 0.3 is 11.9 Å². The number of hydrogen-bond acceptors (Lipinski definition) is 15. The molecule has 2 aliphatic heterocycles. The lowest BCUT2D eigenvalue weighted by molar-refractivity contribution is -0.165. The third-order valence-electron chi connectivity index (χ3n) is 16.0. The predicted molar refractivity (Wildman–Crippen MR) is 335 cm³/mol. The van der Waals surface area contributed by atoms with Gasteiger partial charge in [0.25, 0.3) is 11.8 Å². The van der Waals surface area contributed by atoms with E-state index < -0.39 is 114 Å². The fraction of sp³-hybridized carbons (Fsp3) is 0.515. The number of amides is 6. The second-order valence-corrected chi connectivity index (χ2v) is 25.0. The van der Waals surface area contributed by atoms with Gasteiger partial charge < -0.3 is 58.7 Å².